The molecule has 0 aromatic carbocycles. The number of rotatable bonds is 5. The van der Waals surface area contributed by atoms with Gasteiger partial charge in [0.1, 0.15) is 5.82 Å². The second kappa shape index (κ2) is 5.76. The highest BCUT2D eigenvalue weighted by atomic mass is 16.4. The van der Waals surface area contributed by atoms with Crippen molar-refractivity contribution in [3.63, 3.8) is 0 Å². The number of aromatic nitrogens is 1. The first-order valence-electron chi connectivity index (χ1n) is 5.09. The summed E-state index contributed by atoms with van der Waals surface area (Å²) in [5.41, 5.74) is 1.000. The fraction of sp³-hybridized carbons (Fsp3) is 0.333. The molecule has 0 bridgehead atoms. The summed E-state index contributed by atoms with van der Waals surface area (Å²) in [6, 6.07) is 3.08. The van der Waals surface area contributed by atoms with E-state index >= 15 is 0 Å². The lowest BCUT2D eigenvalue weighted by molar-refractivity contribution is 0.0696. The Balaban J connectivity index is 2.99. The second-order valence-corrected chi connectivity index (χ2v) is 3.35. The molecule has 0 spiro atoms. The third kappa shape index (κ3) is 3.28. The summed E-state index contributed by atoms with van der Waals surface area (Å²) in [6.07, 6.45) is 6.79. The van der Waals surface area contributed by atoms with Crippen molar-refractivity contribution in [3.8, 4) is 12.3 Å². The quantitative estimate of drug-likeness (QED) is 0.739. The maximum absolute atomic E-state index is 10.9. The van der Waals surface area contributed by atoms with Gasteiger partial charge in [0, 0.05) is 5.69 Å². The molecule has 0 atom stereocenters. The van der Waals surface area contributed by atoms with Crippen molar-refractivity contribution in [1.82, 2.24) is 4.98 Å². The van der Waals surface area contributed by atoms with Gasteiger partial charge in [-0.2, -0.15) is 0 Å². The van der Waals surface area contributed by atoms with E-state index < -0.39 is 5.97 Å². The van der Waals surface area contributed by atoms with Crippen molar-refractivity contribution in [2.24, 2.45) is 0 Å². The van der Waals surface area contributed by atoms with E-state index in [-0.39, 0.29) is 5.56 Å². The number of terminal acetylenes is 1. The molecule has 2 N–H and O–H groups in total. The van der Waals surface area contributed by atoms with Gasteiger partial charge in [-0.05, 0) is 18.6 Å². The first-order valence-corrected chi connectivity index (χ1v) is 5.09. The largest absolute Gasteiger partial charge is 0.478 e. The average molecular weight is 218 g/mol. The Hall–Kier alpha value is -2.02. The maximum atomic E-state index is 10.9. The SMILES string of the molecule is C#CCNc1cc(C(=O)O)cc(CCC)n1. The van der Waals surface area contributed by atoms with Gasteiger partial charge in [0.15, 0.2) is 0 Å². The topological polar surface area (TPSA) is 62.2 Å². The van der Waals surface area contributed by atoms with Crippen molar-refractivity contribution in [1.29, 1.82) is 0 Å². The molecule has 0 saturated heterocycles. The van der Waals surface area contributed by atoms with E-state index in [9.17, 15) is 4.79 Å². The van der Waals surface area contributed by atoms with Crippen LogP contribution in [0.15, 0.2) is 12.1 Å². The van der Waals surface area contributed by atoms with Crippen molar-refractivity contribution in [3.05, 3.63) is 23.4 Å². The smallest absolute Gasteiger partial charge is 0.335 e. The minimum atomic E-state index is -0.955. The van der Waals surface area contributed by atoms with Crippen molar-refractivity contribution in [2.75, 3.05) is 11.9 Å². The summed E-state index contributed by atoms with van der Waals surface area (Å²) in [6.45, 7) is 2.35. The summed E-state index contributed by atoms with van der Waals surface area (Å²) in [7, 11) is 0. The van der Waals surface area contributed by atoms with Crippen LogP contribution in [-0.4, -0.2) is 22.6 Å². The molecule has 0 aliphatic carbocycles. The fourth-order valence-corrected chi connectivity index (χ4v) is 1.33. The van der Waals surface area contributed by atoms with Gasteiger partial charge in [-0.15, -0.1) is 6.42 Å². The molecule has 0 fully saturated rings. The van der Waals surface area contributed by atoms with Crippen LogP contribution in [0.3, 0.4) is 0 Å². The number of carbonyl (C=O) groups is 1. The number of aryl methyl sites for hydroxylation is 1. The van der Waals surface area contributed by atoms with Crippen LogP contribution < -0.4 is 5.32 Å². The lowest BCUT2D eigenvalue weighted by Crippen LogP contribution is -2.06. The first-order chi connectivity index (χ1) is 7.67. The van der Waals surface area contributed by atoms with Crippen LogP contribution in [0.2, 0.25) is 0 Å². The Morgan fingerprint density at radius 3 is 2.94 bits per heavy atom. The van der Waals surface area contributed by atoms with Crippen molar-refractivity contribution >= 4 is 11.8 Å². The monoisotopic (exact) mass is 218 g/mol. The van der Waals surface area contributed by atoms with Crippen LogP contribution >= 0.6 is 0 Å². The van der Waals surface area contributed by atoms with Crippen LogP contribution in [-0.2, 0) is 6.42 Å². The van der Waals surface area contributed by atoms with Crippen LogP contribution in [0.5, 0.6) is 0 Å². The highest BCUT2D eigenvalue weighted by Crippen LogP contribution is 2.12. The highest BCUT2D eigenvalue weighted by molar-refractivity contribution is 5.88. The van der Waals surface area contributed by atoms with E-state index in [1.807, 2.05) is 6.92 Å². The normalized spacial score (nSPS) is 9.50. The Morgan fingerprint density at radius 1 is 1.62 bits per heavy atom. The lowest BCUT2D eigenvalue weighted by atomic mass is 10.1. The van der Waals surface area contributed by atoms with Gasteiger partial charge < -0.3 is 10.4 Å². The molecule has 1 rings (SSSR count). The number of pyridine rings is 1. The zero-order valence-electron chi connectivity index (χ0n) is 9.16. The van der Waals surface area contributed by atoms with Gasteiger partial charge in [-0.25, -0.2) is 9.78 Å². The average Bonchev–Trinajstić information content (AvgIpc) is 2.26. The molecule has 4 nitrogen and oxygen atoms in total. The summed E-state index contributed by atoms with van der Waals surface area (Å²) in [5.74, 6) is 1.98. The van der Waals surface area contributed by atoms with Crippen molar-refractivity contribution < 1.29 is 9.90 Å². The minimum Gasteiger partial charge on any atom is -0.478 e. The van der Waals surface area contributed by atoms with Gasteiger partial charge in [0.05, 0.1) is 12.1 Å². The van der Waals surface area contributed by atoms with Crippen LogP contribution in [0.4, 0.5) is 5.82 Å². The number of hydrogen-bond donors (Lipinski definition) is 2. The van der Waals surface area contributed by atoms with E-state index in [1.165, 1.54) is 6.07 Å². The predicted molar refractivity (Wildman–Crippen MR) is 62.5 cm³/mol. The standard InChI is InChI=1S/C12H14N2O2/c1-3-5-10-7-9(12(15)16)8-11(14-10)13-6-4-2/h2,7-8H,3,5-6H2,1H3,(H,13,14)(H,15,16). The lowest BCUT2D eigenvalue weighted by Gasteiger charge is -2.06. The highest BCUT2D eigenvalue weighted by Gasteiger charge is 2.07. The second-order valence-electron chi connectivity index (χ2n) is 3.35. The van der Waals surface area contributed by atoms with E-state index in [4.69, 9.17) is 11.5 Å². The number of carboxylic acids is 1. The van der Waals surface area contributed by atoms with Gasteiger partial charge >= 0.3 is 5.97 Å². The van der Waals surface area contributed by atoms with E-state index in [0.29, 0.717) is 12.4 Å². The molecule has 0 radical (unpaired) electrons. The number of nitrogens with zero attached hydrogens (tertiary/aromatic N) is 1. The summed E-state index contributed by atoms with van der Waals surface area (Å²) in [5, 5.41) is 11.8. The van der Waals surface area contributed by atoms with Crippen LogP contribution in [0, 0.1) is 12.3 Å². The van der Waals surface area contributed by atoms with Crippen LogP contribution in [0.1, 0.15) is 29.4 Å². The summed E-state index contributed by atoms with van der Waals surface area (Å²) >= 11 is 0. The first kappa shape index (κ1) is 12.1. The molecule has 1 heterocycles. The molecule has 1 aromatic rings. The molecule has 1 aromatic heterocycles. The van der Waals surface area contributed by atoms with Gasteiger partial charge in [0.25, 0.3) is 0 Å². The van der Waals surface area contributed by atoms with E-state index in [0.717, 1.165) is 18.5 Å². The molecule has 0 amide bonds. The Kier molecular flexibility index (Phi) is 4.34. The summed E-state index contributed by atoms with van der Waals surface area (Å²) < 4.78 is 0. The molecule has 0 aliphatic rings. The molecular weight excluding hydrogens is 204 g/mol. The zero-order chi connectivity index (χ0) is 12.0. The Labute approximate surface area is 94.7 Å². The van der Waals surface area contributed by atoms with Gasteiger partial charge in [-0.1, -0.05) is 19.3 Å². The molecular formula is C12H14N2O2. The van der Waals surface area contributed by atoms with E-state index in [1.54, 1.807) is 6.07 Å². The Bertz CT molecular complexity index is 422. The molecule has 84 valence electrons. The fourth-order valence-electron chi connectivity index (χ4n) is 1.33. The number of nitrogens with one attached hydrogen (secondary N) is 1. The Morgan fingerprint density at radius 2 is 2.38 bits per heavy atom. The third-order valence-electron chi connectivity index (χ3n) is 2.00. The number of aromatic carboxylic acids is 1. The zero-order valence-corrected chi connectivity index (χ0v) is 9.16. The number of anilines is 1. The van der Waals surface area contributed by atoms with Gasteiger partial charge in [0.2, 0.25) is 0 Å². The third-order valence-corrected chi connectivity index (χ3v) is 2.00. The number of carboxylic acid groups (broad SMARTS) is 1. The molecule has 4 heteroatoms. The van der Waals surface area contributed by atoms with Gasteiger partial charge in [-0.3, -0.25) is 0 Å². The minimum absolute atomic E-state index is 0.234. The predicted octanol–water partition coefficient (Wildman–Crippen LogP) is 1.78. The summed E-state index contributed by atoms with van der Waals surface area (Å²) in [4.78, 5) is 15.2. The maximum Gasteiger partial charge on any atom is 0.335 e. The van der Waals surface area contributed by atoms with Crippen LogP contribution in [0.25, 0.3) is 0 Å². The molecule has 0 aliphatic heterocycles. The molecule has 16 heavy (non-hydrogen) atoms. The number of hydrogen-bond acceptors (Lipinski definition) is 3. The molecule has 0 unspecified atom stereocenters. The van der Waals surface area contributed by atoms with E-state index in [2.05, 4.69) is 16.2 Å². The van der Waals surface area contributed by atoms with Crippen molar-refractivity contribution in [2.45, 2.75) is 19.8 Å². The molecule has 0 saturated carbocycles.